The van der Waals surface area contributed by atoms with Crippen LogP contribution in [-0.2, 0) is 0 Å². The molecule has 5 nitrogen and oxygen atoms in total. The smallest absolute Gasteiger partial charge is 0.191 e. The summed E-state index contributed by atoms with van der Waals surface area (Å²) in [5.41, 5.74) is 0. The van der Waals surface area contributed by atoms with Gasteiger partial charge in [0.1, 0.15) is 0 Å². The lowest BCUT2D eigenvalue weighted by atomic mass is 10.0. The summed E-state index contributed by atoms with van der Waals surface area (Å²) in [6.07, 6.45) is 8.40. The molecule has 1 saturated heterocycles. The van der Waals surface area contributed by atoms with Crippen molar-refractivity contribution in [2.45, 2.75) is 52.4 Å². The second kappa shape index (κ2) is 14.0. The van der Waals surface area contributed by atoms with E-state index in [9.17, 15) is 0 Å². The number of piperazine rings is 1. The maximum atomic E-state index is 4.75. The maximum absolute atomic E-state index is 4.75. The summed E-state index contributed by atoms with van der Waals surface area (Å²) < 4.78 is 0. The first-order chi connectivity index (χ1) is 11.8. The first kappa shape index (κ1) is 23.0. The second-order valence-corrected chi connectivity index (χ2v) is 7.26. The lowest BCUT2D eigenvalue weighted by Gasteiger charge is -2.34. The van der Waals surface area contributed by atoms with Gasteiger partial charge < -0.3 is 15.5 Å². The summed E-state index contributed by atoms with van der Waals surface area (Å²) in [4.78, 5) is 9.84. The molecular formula is C19H40IN5. The Morgan fingerprint density at radius 3 is 2.32 bits per heavy atom. The Bertz CT molecular complexity index is 350. The van der Waals surface area contributed by atoms with E-state index in [1.54, 1.807) is 0 Å². The van der Waals surface area contributed by atoms with Crippen LogP contribution >= 0.6 is 24.0 Å². The Hall–Kier alpha value is -0.0800. The van der Waals surface area contributed by atoms with E-state index in [1.165, 1.54) is 71.2 Å². The molecule has 1 heterocycles. The monoisotopic (exact) mass is 465 g/mol. The quantitative estimate of drug-likeness (QED) is 0.238. The van der Waals surface area contributed by atoms with Crippen LogP contribution in [0.3, 0.4) is 0 Å². The molecule has 0 amide bonds. The van der Waals surface area contributed by atoms with Gasteiger partial charge in [-0.2, -0.15) is 0 Å². The number of nitrogens with zero attached hydrogens (tertiary/aromatic N) is 3. The molecule has 1 saturated carbocycles. The number of hydrogen-bond donors (Lipinski definition) is 2. The third-order valence-electron chi connectivity index (χ3n) is 5.49. The minimum absolute atomic E-state index is 0. The van der Waals surface area contributed by atoms with Gasteiger partial charge >= 0.3 is 0 Å². The molecule has 0 aromatic carbocycles. The molecule has 1 aliphatic carbocycles. The van der Waals surface area contributed by atoms with Crippen LogP contribution in [0.15, 0.2) is 4.99 Å². The van der Waals surface area contributed by atoms with Gasteiger partial charge in [0.15, 0.2) is 5.96 Å². The van der Waals surface area contributed by atoms with E-state index in [2.05, 4.69) is 34.3 Å². The molecule has 0 aromatic heterocycles. The normalized spacial score (nSPS) is 20.5. The molecule has 1 aliphatic heterocycles. The number of likely N-dealkylation sites (N-methyl/N-ethyl adjacent to an activating group) is 1. The largest absolute Gasteiger partial charge is 0.357 e. The van der Waals surface area contributed by atoms with Gasteiger partial charge in [0, 0.05) is 52.4 Å². The van der Waals surface area contributed by atoms with Gasteiger partial charge in [0.25, 0.3) is 0 Å². The highest BCUT2D eigenvalue weighted by Crippen LogP contribution is 2.28. The zero-order valence-corrected chi connectivity index (χ0v) is 18.8. The van der Waals surface area contributed by atoms with Gasteiger partial charge in [-0.25, -0.2) is 0 Å². The summed E-state index contributed by atoms with van der Waals surface area (Å²) >= 11 is 0. The Balaban J connectivity index is 0.00000312. The zero-order chi connectivity index (χ0) is 17.0. The summed E-state index contributed by atoms with van der Waals surface area (Å²) in [5.74, 6) is 1.98. The predicted octanol–water partition coefficient (Wildman–Crippen LogP) is 2.77. The van der Waals surface area contributed by atoms with Crippen molar-refractivity contribution in [3.63, 3.8) is 0 Å². The zero-order valence-electron chi connectivity index (χ0n) is 16.4. The number of halogens is 1. The summed E-state index contributed by atoms with van der Waals surface area (Å²) in [5, 5.41) is 6.88. The van der Waals surface area contributed by atoms with Crippen LogP contribution in [0.5, 0.6) is 0 Å². The first-order valence-corrected chi connectivity index (χ1v) is 10.3. The van der Waals surface area contributed by atoms with E-state index in [-0.39, 0.29) is 24.0 Å². The molecule has 0 radical (unpaired) electrons. The van der Waals surface area contributed by atoms with E-state index in [0.717, 1.165) is 38.1 Å². The molecular weight excluding hydrogens is 425 g/mol. The number of aliphatic imine (C=N–C) groups is 1. The fourth-order valence-electron chi connectivity index (χ4n) is 3.87. The topological polar surface area (TPSA) is 42.9 Å². The highest BCUT2D eigenvalue weighted by Gasteiger charge is 2.15. The third kappa shape index (κ3) is 9.43. The molecule has 2 rings (SSSR count). The Labute approximate surface area is 172 Å². The fraction of sp³-hybridized carbons (Fsp3) is 0.947. The number of nitrogens with one attached hydrogen (secondary N) is 2. The van der Waals surface area contributed by atoms with Crippen molar-refractivity contribution in [3.05, 3.63) is 0 Å². The van der Waals surface area contributed by atoms with Crippen LogP contribution in [0.4, 0.5) is 0 Å². The molecule has 2 aliphatic rings. The van der Waals surface area contributed by atoms with Crippen molar-refractivity contribution in [1.29, 1.82) is 0 Å². The maximum Gasteiger partial charge on any atom is 0.191 e. The van der Waals surface area contributed by atoms with Gasteiger partial charge in [-0.1, -0.05) is 32.6 Å². The van der Waals surface area contributed by atoms with Crippen molar-refractivity contribution in [1.82, 2.24) is 20.4 Å². The summed E-state index contributed by atoms with van der Waals surface area (Å²) in [7, 11) is 0. The van der Waals surface area contributed by atoms with E-state index >= 15 is 0 Å². The first-order valence-electron chi connectivity index (χ1n) is 10.3. The van der Waals surface area contributed by atoms with Crippen LogP contribution in [0.1, 0.15) is 52.4 Å². The standard InChI is InChI=1S/C19H39N5.HI/c1-3-20-19(21-11-7-10-18-8-5-6-9-18)22-12-13-24-16-14-23(4-2)15-17-24;/h18H,3-17H2,1-2H3,(H2,20,21,22);1H. The van der Waals surface area contributed by atoms with Gasteiger partial charge in [0.2, 0.25) is 0 Å². The van der Waals surface area contributed by atoms with Crippen LogP contribution in [0.25, 0.3) is 0 Å². The van der Waals surface area contributed by atoms with E-state index in [0.29, 0.717) is 0 Å². The highest BCUT2D eigenvalue weighted by molar-refractivity contribution is 14.0. The van der Waals surface area contributed by atoms with E-state index in [1.807, 2.05) is 0 Å². The van der Waals surface area contributed by atoms with Gasteiger partial charge in [-0.15, -0.1) is 24.0 Å². The SMILES string of the molecule is CCNC(=NCCCC1CCCC1)NCCN1CCN(CC)CC1.I. The average molecular weight is 465 g/mol. The molecule has 0 aromatic rings. The van der Waals surface area contributed by atoms with Crippen LogP contribution in [-0.4, -0.2) is 74.7 Å². The second-order valence-electron chi connectivity index (χ2n) is 7.26. The molecule has 0 atom stereocenters. The number of hydrogen-bond acceptors (Lipinski definition) is 3. The minimum Gasteiger partial charge on any atom is -0.357 e. The van der Waals surface area contributed by atoms with Crippen LogP contribution < -0.4 is 10.6 Å². The van der Waals surface area contributed by atoms with Crippen LogP contribution in [0, 0.1) is 5.92 Å². The van der Waals surface area contributed by atoms with Gasteiger partial charge in [0.05, 0.1) is 0 Å². The number of guanidine groups is 1. The van der Waals surface area contributed by atoms with Crippen molar-refractivity contribution in [3.8, 4) is 0 Å². The van der Waals surface area contributed by atoms with Crippen molar-refractivity contribution < 1.29 is 0 Å². The Kier molecular flexibility index (Phi) is 12.9. The Morgan fingerprint density at radius 1 is 1.00 bits per heavy atom. The number of rotatable bonds is 9. The lowest BCUT2D eigenvalue weighted by Crippen LogP contribution is -2.49. The molecule has 0 spiro atoms. The Morgan fingerprint density at radius 2 is 1.68 bits per heavy atom. The molecule has 2 N–H and O–H groups in total. The molecule has 0 unspecified atom stereocenters. The predicted molar refractivity (Wildman–Crippen MR) is 119 cm³/mol. The summed E-state index contributed by atoms with van der Waals surface area (Å²) in [6, 6.07) is 0. The highest BCUT2D eigenvalue weighted by atomic mass is 127. The van der Waals surface area contributed by atoms with Gasteiger partial charge in [-0.05, 0) is 32.2 Å². The van der Waals surface area contributed by atoms with Crippen molar-refractivity contribution in [2.24, 2.45) is 10.9 Å². The molecule has 148 valence electrons. The molecule has 25 heavy (non-hydrogen) atoms. The molecule has 2 fully saturated rings. The van der Waals surface area contributed by atoms with Crippen LogP contribution in [0.2, 0.25) is 0 Å². The fourth-order valence-corrected chi connectivity index (χ4v) is 3.87. The van der Waals surface area contributed by atoms with Gasteiger partial charge in [-0.3, -0.25) is 9.89 Å². The molecule has 0 bridgehead atoms. The van der Waals surface area contributed by atoms with Crippen molar-refractivity contribution in [2.75, 3.05) is 58.9 Å². The van der Waals surface area contributed by atoms with Crippen molar-refractivity contribution >= 4 is 29.9 Å². The lowest BCUT2D eigenvalue weighted by molar-refractivity contribution is 0.139. The van der Waals surface area contributed by atoms with E-state index < -0.39 is 0 Å². The summed E-state index contributed by atoms with van der Waals surface area (Å²) in [6.45, 7) is 14.4. The molecule has 6 heteroatoms. The average Bonchev–Trinajstić information content (AvgIpc) is 3.12. The third-order valence-corrected chi connectivity index (χ3v) is 5.49. The minimum atomic E-state index is 0. The van der Waals surface area contributed by atoms with E-state index in [4.69, 9.17) is 4.99 Å².